The van der Waals surface area contributed by atoms with Crippen LogP contribution in [0, 0.1) is 11.5 Å². The minimum absolute atomic E-state index is 0.337. The van der Waals surface area contributed by atoms with Crippen LogP contribution in [-0.4, -0.2) is 24.5 Å². The van der Waals surface area contributed by atoms with Gasteiger partial charge in [0.1, 0.15) is 11.4 Å². The first-order chi connectivity index (χ1) is 8.72. The van der Waals surface area contributed by atoms with Gasteiger partial charge < -0.3 is 9.47 Å². The van der Waals surface area contributed by atoms with Crippen LogP contribution in [0.3, 0.4) is 0 Å². The van der Waals surface area contributed by atoms with E-state index >= 15 is 0 Å². The van der Waals surface area contributed by atoms with Gasteiger partial charge in [-0.15, -0.1) is 0 Å². The number of ether oxygens (including phenoxy) is 2. The van der Waals surface area contributed by atoms with Crippen molar-refractivity contribution < 1.29 is 9.47 Å². The molecular formula is C13H11BrN2O2. The van der Waals surface area contributed by atoms with Crippen molar-refractivity contribution in [3.05, 3.63) is 28.2 Å². The van der Waals surface area contributed by atoms with Crippen molar-refractivity contribution in [3.63, 3.8) is 0 Å². The van der Waals surface area contributed by atoms with Crippen molar-refractivity contribution in [2.24, 2.45) is 4.99 Å². The normalized spacial score (nSPS) is 27.9. The van der Waals surface area contributed by atoms with E-state index in [0.29, 0.717) is 19.6 Å². The van der Waals surface area contributed by atoms with Crippen LogP contribution in [-0.2, 0) is 4.74 Å². The van der Waals surface area contributed by atoms with Gasteiger partial charge in [0.25, 0.3) is 0 Å². The smallest absolute Gasteiger partial charge is 0.205 e. The Morgan fingerprint density at radius 2 is 2.33 bits per heavy atom. The van der Waals surface area contributed by atoms with Crippen LogP contribution in [0.4, 0.5) is 0 Å². The van der Waals surface area contributed by atoms with E-state index in [2.05, 4.69) is 20.9 Å². The average Bonchev–Trinajstić information content (AvgIpc) is 2.79. The van der Waals surface area contributed by atoms with Gasteiger partial charge in [0.15, 0.2) is 0 Å². The maximum Gasteiger partial charge on any atom is 0.205 e. The van der Waals surface area contributed by atoms with E-state index in [1.165, 1.54) is 0 Å². The fraction of sp³-hybridized carbons (Fsp3) is 0.385. The van der Waals surface area contributed by atoms with Gasteiger partial charge in [-0.1, -0.05) is 15.9 Å². The summed E-state index contributed by atoms with van der Waals surface area (Å²) in [5, 5.41) is 8.82. The molecule has 1 aromatic rings. The fourth-order valence-electron chi connectivity index (χ4n) is 2.45. The third-order valence-corrected chi connectivity index (χ3v) is 3.81. The van der Waals surface area contributed by atoms with Gasteiger partial charge in [-0.3, -0.25) is 0 Å². The topological polar surface area (TPSA) is 54.6 Å². The van der Waals surface area contributed by atoms with Crippen molar-refractivity contribution in [2.75, 3.05) is 13.2 Å². The first kappa shape index (κ1) is 11.7. The fourth-order valence-corrected chi connectivity index (χ4v) is 2.82. The molecule has 1 fully saturated rings. The molecule has 0 aromatic heterocycles. The zero-order valence-electron chi connectivity index (χ0n) is 9.65. The van der Waals surface area contributed by atoms with E-state index in [9.17, 15) is 0 Å². The van der Waals surface area contributed by atoms with E-state index < -0.39 is 0 Å². The number of nitrogens with zero attached hydrogens (tertiary/aromatic N) is 2. The third-order valence-electron chi connectivity index (χ3n) is 3.32. The van der Waals surface area contributed by atoms with Crippen LogP contribution >= 0.6 is 15.9 Å². The van der Waals surface area contributed by atoms with Crippen molar-refractivity contribution in [1.29, 1.82) is 5.26 Å². The molecule has 1 unspecified atom stereocenters. The second-order valence-electron chi connectivity index (χ2n) is 4.56. The van der Waals surface area contributed by atoms with Gasteiger partial charge >= 0.3 is 0 Å². The molecule has 2 heterocycles. The van der Waals surface area contributed by atoms with Crippen LogP contribution in [0.15, 0.2) is 27.7 Å². The average molecular weight is 307 g/mol. The molecule has 1 saturated heterocycles. The zero-order chi connectivity index (χ0) is 12.6. The largest absolute Gasteiger partial charge is 0.484 e. The molecule has 1 aromatic carbocycles. The lowest BCUT2D eigenvalue weighted by atomic mass is 9.89. The number of hydrogen-bond donors (Lipinski definition) is 0. The Morgan fingerprint density at radius 3 is 3.06 bits per heavy atom. The number of aliphatic imine (C=N–C) groups is 1. The van der Waals surface area contributed by atoms with Crippen LogP contribution in [0.1, 0.15) is 18.4 Å². The standard InChI is InChI=1S/C13H11BrN2O2/c14-9-1-2-12-10(5-9)11(16-8-15)6-13(18-12)3-4-17-7-13/h1-2,5H,3-4,6-7H2/b16-11+. The van der Waals surface area contributed by atoms with Crippen LogP contribution in [0.2, 0.25) is 0 Å². The SMILES string of the molecule is N#C/N=C1\CC2(CCOC2)Oc2ccc(Br)cc21. The highest BCUT2D eigenvalue weighted by molar-refractivity contribution is 9.10. The highest BCUT2D eigenvalue weighted by Gasteiger charge is 2.42. The third kappa shape index (κ3) is 1.92. The molecule has 4 nitrogen and oxygen atoms in total. The summed E-state index contributed by atoms with van der Waals surface area (Å²) >= 11 is 3.43. The maximum atomic E-state index is 8.82. The molecule has 2 aliphatic rings. The summed E-state index contributed by atoms with van der Waals surface area (Å²) in [4.78, 5) is 3.95. The number of hydrogen-bond acceptors (Lipinski definition) is 4. The summed E-state index contributed by atoms with van der Waals surface area (Å²) in [5.74, 6) is 0.781. The van der Waals surface area contributed by atoms with E-state index in [4.69, 9.17) is 14.7 Å². The Hall–Kier alpha value is -1.38. The Morgan fingerprint density at radius 1 is 1.44 bits per heavy atom. The molecule has 0 saturated carbocycles. The van der Waals surface area contributed by atoms with Crippen LogP contribution in [0.5, 0.6) is 5.75 Å². The number of fused-ring (bicyclic) bond motifs is 1. The van der Waals surface area contributed by atoms with Gasteiger partial charge in [0.2, 0.25) is 6.19 Å². The summed E-state index contributed by atoms with van der Waals surface area (Å²) < 4.78 is 12.5. The summed E-state index contributed by atoms with van der Waals surface area (Å²) in [6.45, 7) is 1.26. The molecule has 5 heteroatoms. The molecule has 92 valence electrons. The minimum atomic E-state index is -0.337. The Balaban J connectivity index is 2.09. The van der Waals surface area contributed by atoms with E-state index in [0.717, 1.165) is 27.9 Å². The van der Waals surface area contributed by atoms with Crippen molar-refractivity contribution in [3.8, 4) is 11.9 Å². The van der Waals surface area contributed by atoms with Gasteiger partial charge in [0.05, 0.1) is 18.9 Å². The van der Waals surface area contributed by atoms with Gasteiger partial charge in [-0.2, -0.15) is 10.3 Å². The second-order valence-corrected chi connectivity index (χ2v) is 5.48. The van der Waals surface area contributed by atoms with Gasteiger partial charge in [-0.05, 0) is 18.2 Å². The lowest BCUT2D eigenvalue weighted by Crippen LogP contribution is -2.42. The van der Waals surface area contributed by atoms with Crippen molar-refractivity contribution >= 4 is 21.6 Å². The number of halogens is 1. The molecule has 0 radical (unpaired) electrons. The molecule has 0 aliphatic carbocycles. The van der Waals surface area contributed by atoms with Crippen molar-refractivity contribution in [1.82, 2.24) is 0 Å². The zero-order valence-corrected chi connectivity index (χ0v) is 11.2. The molecular weight excluding hydrogens is 296 g/mol. The predicted octanol–water partition coefficient (Wildman–Crippen LogP) is 2.66. The van der Waals surface area contributed by atoms with Crippen LogP contribution in [0.25, 0.3) is 0 Å². The Kier molecular flexibility index (Phi) is 2.84. The molecule has 2 aliphatic heterocycles. The first-order valence-corrected chi connectivity index (χ1v) is 6.54. The monoisotopic (exact) mass is 306 g/mol. The molecule has 1 atom stereocenters. The van der Waals surface area contributed by atoms with Gasteiger partial charge in [-0.25, -0.2) is 0 Å². The number of benzene rings is 1. The lowest BCUT2D eigenvalue weighted by molar-refractivity contribution is 0.0519. The highest BCUT2D eigenvalue weighted by Crippen LogP contribution is 2.39. The van der Waals surface area contributed by atoms with E-state index in [1.807, 2.05) is 24.4 Å². The second kappa shape index (κ2) is 4.38. The predicted molar refractivity (Wildman–Crippen MR) is 69.7 cm³/mol. The lowest BCUT2D eigenvalue weighted by Gasteiger charge is -2.34. The molecule has 0 bridgehead atoms. The molecule has 18 heavy (non-hydrogen) atoms. The highest BCUT2D eigenvalue weighted by atomic mass is 79.9. The Bertz CT molecular complexity index is 557. The molecule has 0 amide bonds. The molecule has 0 N–H and O–H groups in total. The van der Waals surface area contributed by atoms with E-state index in [-0.39, 0.29) is 5.60 Å². The van der Waals surface area contributed by atoms with E-state index in [1.54, 1.807) is 0 Å². The number of nitriles is 1. The first-order valence-electron chi connectivity index (χ1n) is 5.75. The van der Waals surface area contributed by atoms with Crippen molar-refractivity contribution in [2.45, 2.75) is 18.4 Å². The minimum Gasteiger partial charge on any atom is -0.484 e. The summed E-state index contributed by atoms with van der Waals surface area (Å²) in [6, 6.07) is 5.78. The number of rotatable bonds is 0. The molecule has 3 rings (SSSR count). The Labute approximate surface area is 113 Å². The summed E-state index contributed by atoms with van der Waals surface area (Å²) in [6.07, 6.45) is 3.35. The van der Waals surface area contributed by atoms with Crippen LogP contribution < -0.4 is 4.74 Å². The maximum absolute atomic E-state index is 8.82. The quantitative estimate of drug-likeness (QED) is 0.692. The summed E-state index contributed by atoms with van der Waals surface area (Å²) in [7, 11) is 0. The molecule has 1 spiro atoms. The van der Waals surface area contributed by atoms with Gasteiger partial charge in [0, 0.05) is 22.9 Å². The summed E-state index contributed by atoms with van der Waals surface area (Å²) in [5.41, 5.74) is 1.34.